The van der Waals surface area contributed by atoms with Crippen LogP contribution < -0.4 is 5.32 Å². The van der Waals surface area contributed by atoms with E-state index >= 15 is 0 Å². The standard InChI is InChI=1S/C28H33NO5/c1-16-9-8-12-21-26(32)19(4)18(3)24-22(15-20-10-6-5-7-11-20)29-27(33)28(21,24)34-23(30)14-13-17(2)25(16)31/h5-8,10-13,16,21-22,24,26,32H,9,14-15H2,1-4H3,(H,29,33). The molecule has 34 heavy (non-hydrogen) atoms. The molecule has 3 aliphatic rings. The number of esters is 1. The van der Waals surface area contributed by atoms with Gasteiger partial charge in [-0.3, -0.25) is 14.4 Å². The number of benzene rings is 1. The van der Waals surface area contributed by atoms with Crippen LogP contribution >= 0.6 is 0 Å². The molecule has 1 spiro atoms. The van der Waals surface area contributed by atoms with Crippen LogP contribution in [0.3, 0.4) is 0 Å². The van der Waals surface area contributed by atoms with Crippen molar-refractivity contribution in [1.29, 1.82) is 0 Å². The van der Waals surface area contributed by atoms with E-state index in [1.54, 1.807) is 19.1 Å². The van der Waals surface area contributed by atoms with Crippen molar-refractivity contribution in [3.8, 4) is 0 Å². The number of hydrogen-bond acceptors (Lipinski definition) is 5. The lowest BCUT2D eigenvalue weighted by Gasteiger charge is -2.46. The summed E-state index contributed by atoms with van der Waals surface area (Å²) in [7, 11) is 0. The lowest BCUT2D eigenvalue weighted by molar-refractivity contribution is -0.179. The van der Waals surface area contributed by atoms with Crippen LogP contribution in [0.5, 0.6) is 0 Å². The van der Waals surface area contributed by atoms with Crippen molar-refractivity contribution in [2.24, 2.45) is 17.8 Å². The Labute approximate surface area is 200 Å². The summed E-state index contributed by atoms with van der Waals surface area (Å²) < 4.78 is 6.07. The maximum atomic E-state index is 13.7. The Bertz CT molecular complexity index is 1090. The molecule has 2 aliphatic heterocycles. The minimum absolute atomic E-state index is 0.0248. The van der Waals surface area contributed by atoms with E-state index in [1.165, 1.54) is 0 Å². The highest BCUT2D eigenvalue weighted by Gasteiger charge is 2.66. The maximum absolute atomic E-state index is 13.7. The van der Waals surface area contributed by atoms with E-state index in [-0.39, 0.29) is 30.1 Å². The maximum Gasteiger partial charge on any atom is 0.310 e. The van der Waals surface area contributed by atoms with E-state index in [0.717, 1.165) is 16.7 Å². The van der Waals surface area contributed by atoms with Crippen molar-refractivity contribution >= 4 is 17.7 Å². The predicted molar refractivity (Wildman–Crippen MR) is 129 cm³/mol. The third-order valence-corrected chi connectivity index (χ3v) is 7.73. The lowest BCUT2D eigenvalue weighted by Crippen LogP contribution is -2.59. The fourth-order valence-electron chi connectivity index (χ4n) is 5.72. The molecule has 1 aromatic rings. The van der Waals surface area contributed by atoms with Crippen molar-refractivity contribution in [2.75, 3.05) is 0 Å². The molecule has 1 amide bonds. The summed E-state index contributed by atoms with van der Waals surface area (Å²) in [6.07, 6.45) is 5.15. The van der Waals surface area contributed by atoms with Crippen molar-refractivity contribution < 1.29 is 24.2 Å². The van der Waals surface area contributed by atoms with Gasteiger partial charge in [0.25, 0.3) is 5.91 Å². The Hall–Kier alpha value is -2.99. The van der Waals surface area contributed by atoms with Crippen LogP contribution in [0.1, 0.15) is 46.1 Å². The fourth-order valence-corrected chi connectivity index (χ4v) is 5.72. The molecule has 6 unspecified atom stereocenters. The SMILES string of the molecule is CC1=CCC(=O)OC23C(=O)NC(Cc4ccccc4)C2C(C)=C(C)C(O)C3C=CCC(C)C1=O. The summed E-state index contributed by atoms with van der Waals surface area (Å²) in [6.45, 7) is 7.33. The normalized spacial score (nSPS) is 34.3. The molecule has 1 aliphatic carbocycles. The molecule has 2 N–H and O–H groups in total. The monoisotopic (exact) mass is 463 g/mol. The molecule has 6 heteroatoms. The number of amides is 1. The highest BCUT2D eigenvalue weighted by molar-refractivity contribution is 5.97. The third kappa shape index (κ3) is 4.05. The summed E-state index contributed by atoms with van der Waals surface area (Å²) in [6, 6.07) is 9.60. The van der Waals surface area contributed by atoms with Crippen molar-refractivity contribution in [1.82, 2.24) is 5.32 Å². The molecule has 0 aromatic heterocycles. The molecule has 180 valence electrons. The minimum atomic E-state index is -1.55. The Morgan fingerprint density at radius 1 is 1.09 bits per heavy atom. The minimum Gasteiger partial charge on any atom is -0.447 e. The smallest absolute Gasteiger partial charge is 0.310 e. The molecule has 0 bridgehead atoms. The Morgan fingerprint density at radius 3 is 2.50 bits per heavy atom. The number of ketones is 1. The van der Waals surface area contributed by atoms with Gasteiger partial charge in [-0.2, -0.15) is 0 Å². The topological polar surface area (TPSA) is 92.7 Å². The van der Waals surface area contributed by atoms with Gasteiger partial charge in [-0.05, 0) is 50.3 Å². The van der Waals surface area contributed by atoms with Gasteiger partial charge in [0.05, 0.1) is 24.4 Å². The lowest BCUT2D eigenvalue weighted by atomic mass is 9.63. The first-order valence-corrected chi connectivity index (χ1v) is 12.0. The van der Waals surface area contributed by atoms with E-state index in [9.17, 15) is 19.5 Å². The molecule has 6 atom stereocenters. The molecular weight excluding hydrogens is 430 g/mol. The van der Waals surface area contributed by atoms with Crippen molar-refractivity contribution in [2.45, 2.75) is 64.7 Å². The number of allylic oxidation sites excluding steroid dienone is 2. The quantitative estimate of drug-likeness (QED) is 0.518. The van der Waals surface area contributed by atoms with Gasteiger partial charge in [0.15, 0.2) is 5.78 Å². The summed E-state index contributed by atoms with van der Waals surface area (Å²) in [5, 5.41) is 14.4. The molecule has 1 saturated heterocycles. The van der Waals surface area contributed by atoms with Crippen LogP contribution in [0.25, 0.3) is 0 Å². The fraction of sp³-hybridized carbons (Fsp3) is 0.464. The molecule has 6 nitrogen and oxygen atoms in total. The largest absolute Gasteiger partial charge is 0.447 e. The van der Waals surface area contributed by atoms with Crippen LogP contribution in [0.2, 0.25) is 0 Å². The average Bonchev–Trinajstić information content (AvgIpc) is 3.08. The van der Waals surface area contributed by atoms with Gasteiger partial charge in [0, 0.05) is 12.0 Å². The number of hydrogen-bond donors (Lipinski definition) is 2. The van der Waals surface area contributed by atoms with E-state index in [1.807, 2.05) is 57.2 Å². The summed E-state index contributed by atoms with van der Waals surface area (Å²) >= 11 is 0. The number of aliphatic hydroxyl groups is 1. The van der Waals surface area contributed by atoms with E-state index in [0.29, 0.717) is 18.4 Å². The van der Waals surface area contributed by atoms with Gasteiger partial charge >= 0.3 is 5.97 Å². The Morgan fingerprint density at radius 2 is 1.79 bits per heavy atom. The number of nitrogens with one attached hydrogen (secondary N) is 1. The average molecular weight is 464 g/mol. The van der Waals surface area contributed by atoms with Crippen LogP contribution in [-0.4, -0.2) is 40.5 Å². The zero-order valence-corrected chi connectivity index (χ0v) is 20.2. The van der Waals surface area contributed by atoms with Gasteiger partial charge < -0.3 is 15.2 Å². The van der Waals surface area contributed by atoms with E-state index in [2.05, 4.69) is 5.32 Å². The zero-order chi connectivity index (χ0) is 24.6. The van der Waals surface area contributed by atoms with Crippen LogP contribution in [0.4, 0.5) is 0 Å². The second-order valence-electron chi connectivity index (χ2n) is 9.87. The zero-order valence-electron chi connectivity index (χ0n) is 20.2. The predicted octanol–water partition coefficient (Wildman–Crippen LogP) is 3.45. The molecule has 4 rings (SSSR count). The second-order valence-corrected chi connectivity index (χ2v) is 9.87. The number of carbonyl (C=O) groups is 3. The van der Waals surface area contributed by atoms with Crippen LogP contribution in [0, 0.1) is 17.8 Å². The van der Waals surface area contributed by atoms with Gasteiger partial charge in [-0.25, -0.2) is 0 Å². The summed E-state index contributed by atoms with van der Waals surface area (Å²) in [5.41, 5.74) is 1.68. The first-order chi connectivity index (χ1) is 16.2. The highest BCUT2D eigenvalue weighted by atomic mass is 16.6. The van der Waals surface area contributed by atoms with Crippen LogP contribution in [-0.2, 0) is 25.5 Å². The van der Waals surface area contributed by atoms with Crippen molar-refractivity contribution in [3.63, 3.8) is 0 Å². The van der Waals surface area contributed by atoms with Gasteiger partial charge in [0.1, 0.15) is 0 Å². The summed E-state index contributed by atoms with van der Waals surface area (Å²) in [5.74, 6) is -2.43. The molecule has 0 radical (unpaired) electrons. The first-order valence-electron chi connectivity index (χ1n) is 12.0. The number of rotatable bonds is 2. The number of carbonyl (C=O) groups excluding carboxylic acids is 3. The summed E-state index contributed by atoms with van der Waals surface area (Å²) in [4.78, 5) is 39.3. The second kappa shape index (κ2) is 9.34. The van der Waals surface area contributed by atoms with Crippen LogP contribution in [0.15, 0.2) is 65.3 Å². The molecule has 1 fully saturated rings. The van der Waals surface area contributed by atoms with Crippen molar-refractivity contribution in [3.05, 3.63) is 70.8 Å². The molecule has 1 aromatic carbocycles. The number of ether oxygens (including phenoxy) is 1. The molecule has 0 saturated carbocycles. The first kappa shape index (κ1) is 24.1. The number of aliphatic hydroxyl groups excluding tert-OH is 1. The highest BCUT2D eigenvalue weighted by Crippen LogP contribution is 2.50. The third-order valence-electron chi connectivity index (χ3n) is 7.73. The van der Waals surface area contributed by atoms with E-state index in [4.69, 9.17) is 4.74 Å². The Kier molecular flexibility index (Phi) is 6.63. The molecule has 2 heterocycles. The molecular formula is C28H33NO5. The Balaban J connectivity index is 1.82. The van der Waals surface area contributed by atoms with Gasteiger partial charge in [-0.15, -0.1) is 0 Å². The van der Waals surface area contributed by atoms with E-state index < -0.39 is 29.5 Å². The van der Waals surface area contributed by atoms with Gasteiger partial charge in [-0.1, -0.05) is 61.1 Å². The number of Topliss-reactive ketones (excluding diaryl/α,β-unsaturated/α-hetero) is 1. The van der Waals surface area contributed by atoms with Gasteiger partial charge in [0.2, 0.25) is 5.60 Å².